The SMILES string of the molecule is C1=CCCC(c2ccc(Nc3ccc(-c4cccc5c4oc4ccccc45)cc3)cc2)=C1. The van der Waals surface area contributed by atoms with Gasteiger partial charge in [-0.05, 0) is 59.9 Å². The van der Waals surface area contributed by atoms with E-state index >= 15 is 0 Å². The van der Waals surface area contributed by atoms with Gasteiger partial charge in [0.05, 0.1) is 0 Å². The third-order valence-electron chi connectivity index (χ3n) is 6.16. The van der Waals surface area contributed by atoms with Crippen LogP contribution in [0.3, 0.4) is 0 Å². The summed E-state index contributed by atoms with van der Waals surface area (Å²) in [5.41, 5.74) is 8.99. The van der Waals surface area contributed by atoms with Crippen molar-refractivity contribution in [3.63, 3.8) is 0 Å². The second kappa shape index (κ2) is 7.90. The molecule has 1 aliphatic carbocycles. The minimum atomic E-state index is 0.927. The van der Waals surface area contributed by atoms with Crippen molar-refractivity contribution in [2.24, 2.45) is 0 Å². The maximum Gasteiger partial charge on any atom is 0.143 e. The van der Waals surface area contributed by atoms with E-state index in [1.165, 1.54) is 11.1 Å². The Kier molecular flexibility index (Phi) is 4.62. The molecule has 1 heterocycles. The zero-order chi connectivity index (χ0) is 21.3. The van der Waals surface area contributed by atoms with Gasteiger partial charge in [-0.2, -0.15) is 0 Å². The van der Waals surface area contributed by atoms with Crippen molar-refractivity contribution in [1.29, 1.82) is 0 Å². The Balaban J connectivity index is 1.26. The number of benzene rings is 4. The van der Waals surface area contributed by atoms with Crippen LogP contribution in [-0.4, -0.2) is 0 Å². The number of anilines is 2. The Morgan fingerprint density at radius 3 is 2.12 bits per heavy atom. The summed E-state index contributed by atoms with van der Waals surface area (Å²) in [6, 6.07) is 31.8. The summed E-state index contributed by atoms with van der Waals surface area (Å²) < 4.78 is 6.20. The molecule has 32 heavy (non-hydrogen) atoms. The van der Waals surface area contributed by atoms with Crippen LogP contribution in [0.1, 0.15) is 18.4 Å². The first-order valence-electron chi connectivity index (χ1n) is 11.1. The highest BCUT2D eigenvalue weighted by Crippen LogP contribution is 2.36. The second-order valence-electron chi connectivity index (χ2n) is 8.22. The van der Waals surface area contributed by atoms with Crippen LogP contribution < -0.4 is 5.32 Å². The summed E-state index contributed by atoms with van der Waals surface area (Å²) in [5, 5.41) is 5.83. The third kappa shape index (κ3) is 3.40. The molecule has 0 amide bonds. The van der Waals surface area contributed by atoms with Crippen molar-refractivity contribution < 1.29 is 4.42 Å². The molecule has 154 valence electrons. The molecule has 0 atom stereocenters. The van der Waals surface area contributed by atoms with Gasteiger partial charge in [-0.1, -0.05) is 78.9 Å². The second-order valence-corrected chi connectivity index (χ2v) is 8.22. The predicted octanol–water partition coefficient (Wildman–Crippen LogP) is 8.73. The highest BCUT2D eigenvalue weighted by molar-refractivity contribution is 6.09. The number of nitrogens with one attached hydrogen (secondary N) is 1. The fraction of sp³-hybridized carbons (Fsp3) is 0.0667. The van der Waals surface area contributed by atoms with E-state index in [0.717, 1.165) is 57.3 Å². The maximum absolute atomic E-state index is 6.20. The van der Waals surface area contributed by atoms with Crippen LogP contribution >= 0.6 is 0 Å². The average Bonchev–Trinajstić information content (AvgIpc) is 3.25. The molecule has 6 rings (SSSR count). The first-order valence-corrected chi connectivity index (χ1v) is 11.1. The van der Waals surface area contributed by atoms with Crippen LogP contribution in [0.15, 0.2) is 114 Å². The molecule has 0 saturated carbocycles. The van der Waals surface area contributed by atoms with Gasteiger partial charge in [0.25, 0.3) is 0 Å². The first kappa shape index (κ1) is 18.7. The number of hydrogen-bond acceptors (Lipinski definition) is 2. The Labute approximate surface area is 187 Å². The van der Waals surface area contributed by atoms with Crippen molar-refractivity contribution in [1.82, 2.24) is 0 Å². The van der Waals surface area contributed by atoms with Gasteiger partial charge in [-0.25, -0.2) is 0 Å². The minimum Gasteiger partial charge on any atom is -0.455 e. The summed E-state index contributed by atoms with van der Waals surface area (Å²) in [6.07, 6.45) is 8.83. The molecule has 1 aliphatic rings. The van der Waals surface area contributed by atoms with Crippen molar-refractivity contribution in [2.75, 3.05) is 5.32 Å². The van der Waals surface area contributed by atoms with Crippen molar-refractivity contribution in [3.05, 3.63) is 115 Å². The molecule has 0 bridgehead atoms. The van der Waals surface area contributed by atoms with E-state index in [1.807, 2.05) is 12.1 Å². The molecule has 2 nitrogen and oxygen atoms in total. The van der Waals surface area contributed by atoms with Gasteiger partial charge in [0.15, 0.2) is 0 Å². The summed E-state index contributed by atoms with van der Waals surface area (Å²) in [6.45, 7) is 0. The number of furan rings is 1. The monoisotopic (exact) mass is 413 g/mol. The molecule has 5 aromatic rings. The fourth-order valence-corrected chi connectivity index (χ4v) is 4.49. The number of fused-ring (bicyclic) bond motifs is 3. The lowest BCUT2D eigenvalue weighted by Crippen LogP contribution is -1.92. The Morgan fingerprint density at radius 2 is 1.38 bits per heavy atom. The highest BCUT2D eigenvalue weighted by atomic mass is 16.3. The van der Waals surface area contributed by atoms with Gasteiger partial charge in [-0.3, -0.25) is 0 Å². The largest absolute Gasteiger partial charge is 0.455 e. The first-order chi connectivity index (χ1) is 15.8. The molecule has 4 aromatic carbocycles. The number of para-hydroxylation sites is 2. The van der Waals surface area contributed by atoms with Crippen LogP contribution in [0, 0.1) is 0 Å². The number of rotatable bonds is 4. The lowest BCUT2D eigenvalue weighted by atomic mass is 9.97. The average molecular weight is 414 g/mol. The molecular formula is C30H23NO. The summed E-state index contributed by atoms with van der Waals surface area (Å²) in [4.78, 5) is 0. The molecule has 0 aliphatic heterocycles. The van der Waals surface area contributed by atoms with Crippen molar-refractivity contribution in [2.45, 2.75) is 12.8 Å². The van der Waals surface area contributed by atoms with E-state index in [4.69, 9.17) is 4.42 Å². The zero-order valence-electron chi connectivity index (χ0n) is 17.7. The van der Waals surface area contributed by atoms with E-state index in [-0.39, 0.29) is 0 Å². The third-order valence-corrected chi connectivity index (χ3v) is 6.16. The Morgan fingerprint density at radius 1 is 0.656 bits per heavy atom. The Bertz CT molecular complexity index is 1470. The lowest BCUT2D eigenvalue weighted by Gasteiger charge is -2.11. The number of allylic oxidation sites excluding steroid dienone is 4. The van der Waals surface area contributed by atoms with Crippen LogP contribution in [0.4, 0.5) is 11.4 Å². The summed E-state index contributed by atoms with van der Waals surface area (Å²) in [7, 11) is 0. The van der Waals surface area contributed by atoms with Crippen molar-refractivity contribution >= 4 is 38.9 Å². The van der Waals surface area contributed by atoms with Gasteiger partial charge in [0, 0.05) is 27.7 Å². The molecule has 0 unspecified atom stereocenters. The number of hydrogen-bond donors (Lipinski definition) is 1. The van der Waals surface area contributed by atoms with Crippen molar-refractivity contribution in [3.8, 4) is 11.1 Å². The van der Waals surface area contributed by atoms with Gasteiger partial charge < -0.3 is 9.73 Å². The standard InChI is InChI=1S/C30H23NO/c1-2-7-21(8-3-1)22-13-17-24(18-14-22)31-25-19-15-23(16-20-25)26-10-6-11-28-27-9-4-5-12-29(27)32-30(26)28/h1-2,4-7,9-20,31H,3,8H2. The molecule has 2 heteroatoms. The van der Waals surface area contributed by atoms with Crippen LogP contribution in [0.5, 0.6) is 0 Å². The van der Waals surface area contributed by atoms with E-state index in [1.54, 1.807) is 0 Å². The normalized spacial score (nSPS) is 13.4. The van der Waals surface area contributed by atoms with Crippen LogP contribution in [-0.2, 0) is 0 Å². The van der Waals surface area contributed by atoms with Gasteiger partial charge in [0.2, 0.25) is 0 Å². The minimum absolute atomic E-state index is 0.927. The van der Waals surface area contributed by atoms with E-state index in [0.29, 0.717) is 0 Å². The summed E-state index contributed by atoms with van der Waals surface area (Å²) >= 11 is 0. The zero-order valence-corrected chi connectivity index (χ0v) is 17.7. The highest BCUT2D eigenvalue weighted by Gasteiger charge is 2.11. The summed E-state index contributed by atoms with van der Waals surface area (Å²) in [5.74, 6) is 0. The van der Waals surface area contributed by atoms with E-state index < -0.39 is 0 Å². The van der Waals surface area contributed by atoms with E-state index in [2.05, 4.69) is 102 Å². The maximum atomic E-state index is 6.20. The molecular weight excluding hydrogens is 390 g/mol. The van der Waals surface area contributed by atoms with Gasteiger partial charge in [-0.15, -0.1) is 0 Å². The molecule has 1 N–H and O–H groups in total. The Hall–Kier alpha value is -4.04. The molecule has 1 aromatic heterocycles. The smallest absolute Gasteiger partial charge is 0.143 e. The molecule has 0 fully saturated rings. The van der Waals surface area contributed by atoms with Gasteiger partial charge in [0.1, 0.15) is 11.2 Å². The molecule has 0 saturated heterocycles. The molecule has 0 spiro atoms. The predicted molar refractivity (Wildman–Crippen MR) is 135 cm³/mol. The van der Waals surface area contributed by atoms with Gasteiger partial charge >= 0.3 is 0 Å². The van der Waals surface area contributed by atoms with Crippen LogP contribution in [0.2, 0.25) is 0 Å². The van der Waals surface area contributed by atoms with E-state index in [9.17, 15) is 0 Å². The fourth-order valence-electron chi connectivity index (χ4n) is 4.49. The molecule has 0 radical (unpaired) electrons. The lowest BCUT2D eigenvalue weighted by molar-refractivity contribution is 0.670. The van der Waals surface area contributed by atoms with Crippen LogP contribution in [0.25, 0.3) is 38.6 Å². The quantitative estimate of drug-likeness (QED) is 0.319. The topological polar surface area (TPSA) is 25.2 Å².